The minimum Gasteiger partial charge on any atom is -0.384 e. The van der Waals surface area contributed by atoms with Crippen LogP contribution >= 0.6 is 0 Å². The fourth-order valence-electron chi connectivity index (χ4n) is 2.70. The second kappa shape index (κ2) is 6.52. The van der Waals surface area contributed by atoms with Crippen molar-refractivity contribution >= 4 is 10.0 Å². The summed E-state index contributed by atoms with van der Waals surface area (Å²) in [5.41, 5.74) is -0.0351. The molecule has 19 heavy (non-hydrogen) atoms. The highest BCUT2D eigenvalue weighted by atomic mass is 32.2. The van der Waals surface area contributed by atoms with E-state index in [0.29, 0.717) is 19.1 Å². The summed E-state index contributed by atoms with van der Waals surface area (Å²) in [7, 11) is -1.43. The molecule has 2 rings (SSSR count). The van der Waals surface area contributed by atoms with Gasteiger partial charge < -0.3 is 10.1 Å². The Morgan fingerprint density at radius 3 is 2.58 bits per heavy atom. The Bertz CT molecular complexity index is 368. The molecule has 1 saturated carbocycles. The van der Waals surface area contributed by atoms with Gasteiger partial charge in [-0.25, -0.2) is 13.1 Å². The number of rotatable bonds is 8. The number of sulfonamides is 1. The van der Waals surface area contributed by atoms with Gasteiger partial charge in [-0.2, -0.15) is 0 Å². The van der Waals surface area contributed by atoms with Gasteiger partial charge in [0.2, 0.25) is 10.0 Å². The first-order chi connectivity index (χ1) is 9.05. The topological polar surface area (TPSA) is 67.4 Å². The van der Waals surface area contributed by atoms with Crippen molar-refractivity contribution in [2.24, 2.45) is 11.3 Å². The Morgan fingerprint density at radius 2 is 2.00 bits per heavy atom. The molecule has 0 aromatic heterocycles. The van der Waals surface area contributed by atoms with Crippen LogP contribution in [0, 0.1) is 11.3 Å². The van der Waals surface area contributed by atoms with E-state index in [4.69, 9.17) is 4.74 Å². The average Bonchev–Trinajstić information content (AvgIpc) is 3.20. The van der Waals surface area contributed by atoms with Crippen molar-refractivity contribution in [2.45, 2.75) is 32.1 Å². The molecule has 112 valence electrons. The van der Waals surface area contributed by atoms with Crippen LogP contribution in [0.5, 0.6) is 0 Å². The minimum atomic E-state index is -3.12. The van der Waals surface area contributed by atoms with E-state index in [1.54, 1.807) is 7.11 Å². The highest BCUT2D eigenvalue weighted by molar-refractivity contribution is 7.89. The molecule has 0 aromatic carbocycles. The van der Waals surface area contributed by atoms with Crippen LogP contribution in [0.2, 0.25) is 0 Å². The maximum Gasteiger partial charge on any atom is 0.211 e. The predicted molar refractivity (Wildman–Crippen MR) is 75.5 cm³/mol. The van der Waals surface area contributed by atoms with E-state index in [9.17, 15) is 8.42 Å². The van der Waals surface area contributed by atoms with Gasteiger partial charge in [0.05, 0.1) is 12.4 Å². The molecule has 1 aliphatic heterocycles. The van der Waals surface area contributed by atoms with Gasteiger partial charge in [-0.15, -0.1) is 0 Å². The number of methoxy groups -OCH3 is 1. The van der Waals surface area contributed by atoms with Crippen LogP contribution in [0.3, 0.4) is 0 Å². The van der Waals surface area contributed by atoms with Crippen molar-refractivity contribution in [3.05, 3.63) is 0 Å². The van der Waals surface area contributed by atoms with Crippen molar-refractivity contribution in [1.82, 2.24) is 10.0 Å². The number of piperidine rings is 1. The molecule has 1 heterocycles. The van der Waals surface area contributed by atoms with Crippen molar-refractivity contribution in [1.29, 1.82) is 0 Å². The van der Waals surface area contributed by atoms with E-state index < -0.39 is 10.0 Å². The molecule has 0 unspecified atom stereocenters. The highest BCUT2D eigenvalue weighted by Crippen LogP contribution is 2.33. The Morgan fingerprint density at radius 1 is 1.32 bits per heavy atom. The number of hydrogen-bond acceptors (Lipinski definition) is 4. The van der Waals surface area contributed by atoms with Gasteiger partial charge in [-0.1, -0.05) is 12.8 Å². The molecular formula is C13H26N2O3S. The van der Waals surface area contributed by atoms with Gasteiger partial charge in [0.15, 0.2) is 0 Å². The van der Waals surface area contributed by atoms with Gasteiger partial charge in [0, 0.05) is 19.1 Å². The lowest BCUT2D eigenvalue weighted by Gasteiger charge is -2.37. The molecule has 0 radical (unpaired) electrons. The molecular weight excluding hydrogens is 264 g/mol. The zero-order valence-corrected chi connectivity index (χ0v) is 12.6. The van der Waals surface area contributed by atoms with Gasteiger partial charge in [0.1, 0.15) is 0 Å². The highest BCUT2D eigenvalue weighted by Gasteiger charge is 2.33. The van der Waals surface area contributed by atoms with Crippen LogP contribution in [0.4, 0.5) is 0 Å². The maximum atomic E-state index is 12.0. The molecule has 6 heteroatoms. The third-order valence-electron chi connectivity index (χ3n) is 4.27. The number of hydrogen-bond donors (Lipinski definition) is 2. The van der Waals surface area contributed by atoms with E-state index in [1.165, 1.54) is 12.8 Å². The lowest BCUT2D eigenvalue weighted by atomic mass is 9.80. The van der Waals surface area contributed by atoms with Crippen LogP contribution in [-0.2, 0) is 14.8 Å². The van der Waals surface area contributed by atoms with E-state index in [-0.39, 0.29) is 11.2 Å². The third-order valence-corrected chi connectivity index (χ3v) is 5.63. The first-order valence-corrected chi connectivity index (χ1v) is 8.87. The smallest absolute Gasteiger partial charge is 0.211 e. The van der Waals surface area contributed by atoms with Gasteiger partial charge in [0.25, 0.3) is 0 Å². The fraction of sp³-hybridized carbons (Fsp3) is 1.00. The third kappa shape index (κ3) is 5.02. The van der Waals surface area contributed by atoms with E-state index >= 15 is 0 Å². The Hall–Kier alpha value is -0.170. The van der Waals surface area contributed by atoms with Crippen LogP contribution in [-0.4, -0.2) is 47.5 Å². The minimum absolute atomic E-state index is 0.0351. The summed E-state index contributed by atoms with van der Waals surface area (Å²) in [5, 5.41) is 3.31. The van der Waals surface area contributed by atoms with Crippen molar-refractivity contribution in [3.63, 3.8) is 0 Å². The molecule has 0 spiro atoms. The summed E-state index contributed by atoms with van der Waals surface area (Å²) in [6, 6.07) is 0. The van der Waals surface area contributed by atoms with E-state index in [1.807, 2.05) is 0 Å². The van der Waals surface area contributed by atoms with Crippen LogP contribution in [0.1, 0.15) is 32.1 Å². The average molecular weight is 290 g/mol. The summed E-state index contributed by atoms with van der Waals surface area (Å²) in [4.78, 5) is 0. The molecule has 1 saturated heterocycles. The van der Waals surface area contributed by atoms with Crippen molar-refractivity contribution in [2.75, 3.05) is 39.1 Å². The van der Waals surface area contributed by atoms with Gasteiger partial charge in [-0.05, 0) is 38.3 Å². The van der Waals surface area contributed by atoms with Gasteiger partial charge >= 0.3 is 0 Å². The first-order valence-electron chi connectivity index (χ1n) is 7.22. The van der Waals surface area contributed by atoms with Gasteiger partial charge in [-0.3, -0.25) is 0 Å². The van der Waals surface area contributed by atoms with Crippen LogP contribution in [0.25, 0.3) is 0 Å². The fourth-order valence-corrected chi connectivity index (χ4v) is 4.01. The lowest BCUT2D eigenvalue weighted by Crippen LogP contribution is -2.47. The molecule has 0 atom stereocenters. The monoisotopic (exact) mass is 290 g/mol. The second-order valence-corrected chi connectivity index (χ2v) is 7.98. The molecule has 0 aromatic rings. The van der Waals surface area contributed by atoms with E-state index in [2.05, 4.69) is 10.0 Å². The molecule has 0 bridgehead atoms. The predicted octanol–water partition coefficient (Wildman–Crippen LogP) is 0.722. The Kier molecular flexibility index (Phi) is 5.22. The Balaban J connectivity index is 1.82. The van der Waals surface area contributed by atoms with Crippen LogP contribution in [0.15, 0.2) is 0 Å². The largest absolute Gasteiger partial charge is 0.384 e. The molecule has 2 aliphatic rings. The molecule has 1 aliphatic carbocycles. The summed E-state index contributed by atoms with van der Waals surface area (Å²) < 4.78 is 32.1. The van der Waals surface area contributed by atoms with Crippen molar-refractivity contribution < 1.29 is 13.2 Å². The molecule has 0 amide bonds. The van der Waals surface area contributed by atoms with Crippen molar-refractivity contribution in [3.8, 4) is 0 Å². The summed E-state index contributed by atoms with van der Waals surface area (Å²) >= 11 is 0. The normalized spacial score (nSPS) is 23.4. The lowest BCUT2D eigenvalue weighted by molar-refractivity contribution is 0.0577. The zero-order chi connectivity index (χ0) is 13.8. The first kappa shape index (κ1) is 15.2. The van der Waals surface area contributed by atoms with Crippen LogP contribution < -0.4 is 10.0 Å². The summed E-state index contributed by atoms with van der Waals surface area (Å²) in [6.45, 7) is 3.01. The molecule has 2 fully saturated rings. The number of ether oxygens (including phenoxy) is 1. The SMILES string of the molecule is COCC1(CNS(=O)(=O)CCC2CC2)CCNCC1. The van der Waals surface area contributed by atoms with E-state index in [0.717, 1.165) is 32.4 Å². The summed E-state index contributed by atoms with van der Waals surface area (Å²) in [6.07, 6.45) is 5.15. The molecule has 2 N–H and O–H groups in total. The number of nitrogens with one attached hydrogen (secondary N) is 2. The zero-order valence-electron chi connectivity index (χ0n) is 11.8. The quantitative estimate of drug-likeness (QED) is 0.691. The second-order valence-electron chi connectivity index (χ2n) is 6.06. The standard InChI is InChI=1S/C13H26N2O3S/c1-18-11-13(5-7-14-8-6-13)10-15-19(16,17)9-4-12-2-3-12/h12,14-15H,2-11H2,1H3. The molecule has 5 nitrogen and oxygen atoms in total. The maximum absolute atomic E-state index is 12.0. The summed E-state index contributed by atoms with van der Waals surface area (Å²) in [5.74, 6) is 0.933. The Labute approximate surface area is 116 Å².